The number of nitrogens with one attached hydrogen (secondary N) is 2. The van der Waals surface area contributed by atoms with Crippen molar-refractivity contribution in [1.82, 2.24) is 15.2 Å². The molecular weight excluding hydrogens is 270 g/mol. The van der Waals surface area contributed by atoms with E-state index >= 15 is 0 Å². The summed E-state index contributed by atoms with van der Waals surface area (Å²) in [5, 5.41) is 3.19. The Labute approximate surface area is 121 Å². The summed E-state index contributed by atoms with van der Waals surface area (Å²) in [6, 6.07) is 6.65. The average molecular weight is 285 g/mol. The van der Waals surface area contributed by atoms with Gasteiger partial charge in [0.25, 0.3) is 5.91 Å². The second kappa shape index (κ2) is 5.05. The topological polar surface area (TPSA) is 82.3 Å². The molecule has 1 fully saturated rings. The Morgan fingerprint density at radius 1 is 1.33 bits per heavy atom. The van der Waals surface area contributed by atoms with Crippen molar-refractivity contribution in [3.8, 4) is 0 Å². The van der Waals surface area contributed by atoms with Gasteiger partial charge in [-0.15, -0.1) is 0 Å². The number of benzene rings is 1. The number of imide groups is 1. The molecule has 3 rings (SSSR count). The maximum Gasteiger partial charge on any atom is 0.257 e. The zero-order valence-corrected chi connectivity index (χ0v) is 11.6. The third-order valence-corrected chi connectivity index (χ3v) is 3.72. The number of para-hydroxylation sites is 1. The number of hydrogen-bond donors (Lipinski definition) is 2. The van der Waals surface area contributed by atoms with E-state index in [-0.39, 0.29) is 12.5 Å². The molecular formula is C15H15N3O3. The summed E-state index contributed by atoms with van der Waals surface area (Å²) in [5.41, 5.74) is 1.19. The molecule has 2 heterocycles. The Kier molecular flexibility index (Phi) is 3.21. The molecule has 1 aliphatic rings. The van der Waals surface area contributed by atoms with Crippen LogP contribution in [-0.4, -0.2) is 40.2 Å². The van der Waals surface area contributed by atoms with Gasteiger partial charge in [0, 0.05) is 11.6 Å². The van der Waals surface area contributed by atoms with Gasteiger partial charge in [0.05, 0.1) is 11.1 Å². The SMILES string of the molecule is CCC1C(=O)NC(=O)CN1C(=O)c1cccc2cc[nH]c12. The highest BCUT2D eigenvalue weighted by Gasteiger charge is 2.36. The zero-order valence-electron chi connectivity index (χ0n) is 11.6. The number of hydrogen-bond acceptors (Lipinski definition) is 3. The lowest BCUT2D eigenvalue weighted by molar-refractivity contribution is -0.138. The molecule has 1 saturated heterocycles. The molecule has 21 heavy (non-hydrogen) atoms. The van der Waals surface area contributed by atoms with E-state index in [1.165, 1.54) is 4.90 Å². The number of rotatable bonds is 2. The fraction of sp³-hybridized carbons (Fsp3) is 0.267. The smallest absolute Gasteiger partial charge is 0.257 e. The molecule has 0 saturated carbocycles. The number of aromatic nitrogens is 1. The summed E-state index contributed by atoms with van der Waals surface area (Å²) in [7, 11) is 0. The van der Waals surface area contributed by atoms with Crippen molar-refractivity contribution >= 4 is 28.6 Å². The van der Waals surface area contributed by atoms with Gasteiger partial charge in [-0.3, -0.25) is 19.7 Å². The first-order chi connectivity index (χ1) is 10.1. The number of aromatic amines is 1. The third-order valence-electron chi connectivity index (χ3n) is 3.72. The minimum atomic E-state index is -0.611. The summed E-state index contributed by atoms with van der Waals surface area (Å²) in [6.45, 7) is 1.72. The normalized spacial score (nSPS) is 18.9. The predicted octanol–water partition coefficient (Wildman–Crippen LogP) is 1.05. The third kappa shape index (κ3) is 2.18. The van der Waals surface area contributed by atoms with Crippen LogP contribution in [0.15, 0.2) is 30.5 Å². The maximum atomic E-state index is 12.7. The Balaban J connectivity index is 2.02. The van der Waals surface area contributed by atoms with Crippen LogP contribution in [0.2, 0.25) is 0 Å². The number of carbonyl (C=O) groups excluding carboxylic acids is 3. The van der Waals surface area contributed by atoms with Crippen molar-refractivity contribution in [2.75, 3.05) is 6.54 Å². The monoisotopic (exact) mass is 285 g/mol. The number of carbonyl (C=O) groups is 3. The Bertz CT molecular complexity index is 735. The molecule has 6 nitrogen and oxygen atoms in total. The van der Waals surface area contributed by atoms with Crippen molar-refractivity contribution in [2.45, 2.75) is 19.4 Å². The van der Waals surface area contributed by atoms with Crippen molar-refractivity contribution in [2.24, 2.45) is 0 Å². The van der Waals surface area contributed by atoms with Crippen molar-refractivity contribution < 1.29 is 14.4 Å². The molecule has 2 N–H and O–H groups in total. The molecule has 0 spiro atoms. The Hall–Kier alpha value is -2.63. The van der Waals surface area contributed by atoms with Gasteiger partial charge in [-0.1, -0.05) is 19.1 Å². The largest absolute Gasteiger partial charge is 0.361 e. The summed E-state index contributed by atoms with van der Waals surface area (Å²) in [5.74, 6) is -1.17. The first-order valence-corrected chi connectivity index (χ1v) is 6.82. The molecule has 0 bridgehead atoms. The molecule has 6 heteroatoms. The number of fused-ring (bicyclic) bond motifs is 1. The van der Waals surface area contributed by atoms with Gasteiger partial charge in [-0.2, -0.15) is 0 Å². The second-order valence-corrected chi connectivity index (χ2v) is 5.02. The highest BCUT2D eigenvalue weighted by Crippen LogP contribution is 2.21. The molecule has 1 unspecified atom stereocenters. The first-order valence-electron chi connectivity index (χ1n) is 6.82. The number of nitrogens with zero attached hydrogens (tertiary/aromatic N) is 1. The molecule has 0 radical (unpaired) electrons. The molecule has 1 aliphatic heterocycles. The van der Waals surface area contributed by atoms with Gasteiger partial charge in [0.2, 0.25) is 11.8 Å². The van der Waals surface area contributed by atoms with Crippen LogP contribution < -0.4 is 5.32 Å². The van der Waals surface area contributed by atoms with Crippen LogP contribution in [0.4, 0.5) is 0 Å². The average Bonchev–Trinajstić information content (AvgIpc) is 2.94. The molecule has 108 valence electrons. The fourth-order valence-corrected chi connectivity index (χ4v) is 2.70. The molecule has 0 aliphatic carbocycles. The van der Waals surface area contributed by atoms with Gasteiger partial charge in [-0.25, -0.2) is 0 Å². The van der Waals surface area contributed by atoms with E-state index < -0.39 is 17.9 Å². The van der Waals surface area contributed by atoms with Crippen LogP contribution in [0.25, 0.3) is 10.9 Å². The van der Waals surface area contributed by atoms with Crippen molar-refractivity contribution in [3.63, 3.8) is 0 Å². The molecule has 3 amide bonds. The van der Waals surface area contributed by atoms with Crippen LogP contribution in [0.5, 0.6) is 0 Å². The number of amides is 3. The van der Waals surface area contributed by atoms with Crippen molar-refractivity contribution in [3.05, 3.63) is 36.0 Å². The summed E-state index contributed by atoms with van der Waals surface area (Å²) in [4.78, 5) is 40.5. The Morgan fingerprint density at radius 3 is 2.90 bits per heavy atom. The lowest BCUT2D eigenvalue weighted by Gasteiger charge is -2.33. The quantitative estimate of drug-likeness (QED) is 0.809. The summed E-state index contributed by atoms with van der Waals surface area (Å²) in [6.07, 6.45) is 2.22. The van der Waals surface area contributed by atoms with Gasteiger partial charge < -0.3 is 9.88 Å². The van der Waals surface area contributed by atoms with Crippen LogP contribution in [0, 0.1) is 0 Å². The van der Waals surface area contributed by atoms with E-state index in [1.54, 1.807) is 18.3 Å². The first kappa shape index (κ1) is 13.4. The number of piperazine rings is 1. The van der Waals surface area contributed by atoms with Crippen LogP contribution in [0.1, 0.15) is 23.7 Å². The standard InChI is InChI=1S/C15H15N3O3/c1-2-11-14(20)17-12(19)8-18(11)15(21)10-5-3-4-9-6-7-16-13(9)10/h3-7,11,16H,2,8H2,1H3,(H,17,19,20). The Morgan fingerprint density at radius 2 is 2.14 bits per heavy atom. The predicted molar refractivity (Wildman–Crippen MR) is 76.6 cm³/mol. The lowest BCUT2D eigenvalue weighted by Crippen LogP contribution is -2.59. The summed E-state index contributed by atoms with van der Waals surface area (Å²) >= 11 is 0. The number of H-pyrrole nitrogens is 1. The highest BCUT2D eigenvalue weighted by atomic mass is 16.2. The maximum absolute atomic E-state index is 12.7. The minimum Gasteiger partial charge on any atom is -0.361 e. The molecule has 1 atom stereocenters. The van der Waals surface area contributed by atoms with Gasteiger partial charge in [-0.05, 0) is 18.6 Å². The van der Waals surface area contributed by atoms with E-state index in [2.05, 4.69) is 10.3 Å². The second-order valence-electron chi connectivity index (χ2n) is 5.02. The van der Waals surface area contributed by atoms with Gasteiger partial charge >= 0.3 is 0 Å². The van der Waals surface area contributed by atoms with Gasteiger partial charge in [0.1, 0.15) is 12.6 Å². The van der Waals surface area contributed by atoms with Gasteiger partial charge in [0.15, 0.2) is 0 Å². The molecule has 2 aromatic rings. The van der Waals surface area contributed by atoms with E-state index in [4.69, 9.17) is 0 Å². The zero-order chi connectivity index (χ0) is 15.0. The van der Waals surface area contributed by atoms with Crippen LogP contribution >= 0.6 is 0 Å². The fourth-order valence-electron chi connectivity index (χ4n) is 2.70. The minimum absolute atomic E-state index is 0.0970. The van der Waals surface area contributed by atoms with E-state index in [0.717, 1.165) is 10.9 Å². The van der Waals surface area contributed by atoms with E-state index in [1.807, 2.05) is 19.1 Å². The summed E-state index contributed by atoms with van der Waals surface area (Å²) < 4.78 is 0. The highest BCUT2D eigenvalue weighted by molar-refractivity contribution is 6.11. The van der Waals surface area contributed by atoms with Crippen molar-refractivity contribution in [1.29, 1.82) is 0 Å². The molecule has 1 aromatic carbocycles. The van der Waals surface area contributed by atoms with Crippen LogP contribution in [0.3, 0.4) is 0 Å². The van der Waals surface area contributed by atoms with E-state index in [0.29, 0.717) is 12.0 Å². The molecule has 1 aromatic heterocycles. The van der Waals surface area contributed by atoms with E-state index in [9.17, 15) is 14.4 Å². The lowest BCUT2D eigenvalue weighted by atomic mass is 10.1. The van der Waals surface area contributed by atoms with Crippen LogP contribution in [-0.2, 0) is 9.59 Å².